The normalized spacial score (nSPS) is 10.8. The third kappa shape index (κ3) is 2.84. The van der Waals surface area contributed by atoms with E-state index in [9.17, 15) is 9.59 Å². The van der Waals surface area contributed by atoms with Gasteiger partial charge in [-0.1, -0.05) is 11.8 Å². The van der Waals surface area contributed by atoms with Crippen LogP contribution in [0.5, 0.6) is 0 Å². The SMILES string of the molecule is Cc1ccnc2c1nc(SCC(=O)O)n2CC(N)=O. The lowest BCUT2D eigenvalue weighted by molar-refractivity contribution is -0.133. The van der Waals surface area contributed by atoms with Crippen LogP contribution in [0, 0.1) is 6.92 Å². The van der Waals surface area contributed by atoms with E-state index in [1.165, 1.54) is 4.57 Å². The molecule has 8 heteroatoms. The van der Waals surface area contributed by atoms with Gasteiger partial charge in [-0.25, -0.2) is 9.97 Å². The summed E-state index contributed by atoms with van der Waals surface area (Å²) in [5.41, 5.74) is 7.29. The predicted molar refractivity (Wildman–Crippen MR) is 69.8 cm³/mol. The molecule has 0 radical (unpaired) electrons. The number of nitrogens with zero attached hydrogens (tertiary/aromatic N) is 3. The lowest BCUT2D eigenvalue weighted by Crippen LogP contribution is -2.19. The molecule has 0 saturated heterocycles. The first-order valence-corrected chi connectivity index (χ1v) is 6.42. The van der Waals surface area contributed by atoms with E-state index in [0.29, 0.717) is 16.3 Å². The number of hydrogen-bond acceptors (Lipinski definition) is 5. The zero-order valence-electron chi connectivity index (χ0n) is 10.2. The number of carboxylic acids is 1. The molecule has 2 heterocycles. The van der Waals surface area contributed by atoms with E-state index in [4.69, 9.17) is 10.8 Å². The summed E-state index contributed by atoms with van der Waals surface area (Å²) in [6, 6.07) is 1.80. The largest absolute Gasteiger partial charge is 0.481 e. The summed E-state index contributed by atoms with van der Waals surface area (Å²) >= 11 is 1.04. The van der Waals surface area contributed by atoms with Gasteiger partial charge in [-0.15, -0.1) is 0 Å². The van der Waals surface area contributed by atoms with Gasteiger partial charge in [0.2, 0.25) is 5.91 Å². The Balaban J connectivity index is 2.50. The fourth-order valence-electron chi connectivity index (χ4n) is 1.65. The van der Waals surface area contributed by atoms with Gasteiger partial charge in [0.05, 0.1) is 5.75 Å². The summed E-state index contributed by atoms with van der Waals surface area (Å²) in [7, 11) is 0. The lowest BCUT2D eigenvalue weighted by Gasteiger charge is -2.04. The number of thioether (sulfide) groups is 1. The van der Waals surface area contributed by atoms with E-state index >= 15 is 0 Å². The fourth-order valence-corrected chi connectivity index (χ4v) is 2.37. The van der Waals surface area contributed by atoms with E-state index in [1.807, 2.05) is 6.92 Å². The van der Waals surface area contributed by atoms with Crippen LogP contribution in [0.2, 0.25) is 0 Å². The number of aromatic nitrogens is 3. The number of carboxylic acid groups (broad SMARTS) is 1. The van der Waals surface area contributed by atoms with E-state index in [0.717, 1.165) is 17.3 Å². The Labute approximate surface area is 112 Å². The average Bonchev–Trinajstić information content (AvgIpc) is 2.66. The van der Waals surface area contributed by atoms with Gasteiger partial charge >= 0.3 is 5.97 Å². The molecule has 2 aromatic heterocycles. The number of rotatable bonds is 5. The molecule has 0 bridgehead atoms. The van der Waals surface area contributed by atoms with Crippen molar-refractivity contribution in [1.29, 1.82) is 0 Å². The summed E-state index contributed by atoms with van der Waals surface area (Å²) in [5, 5.41) is 9.14. The molecule has 0 unspecified atom stereocenters. The quantitative estimate of drug-likeness (QED) is 0.767. The summed E-state index contributed by atoms with van der Waals surface area (Å²) in [4.78, 5) is 30.2. The number of primary amides is 1. The number of aryl methyl sites for hydroxylation is 1. The minimum atomic E-state index is -0.952. The minimum Gasteiger partial charge on any atom is -0.481 e. The topological polar surface area (TPSA) is 111 Å². The Morgan fingerprint density at radius 1 is 1.53 bits per heavy atom. The number of aliphatic carboxylic acids is 1. The Kier molecular flexibility index (Phi) is 3.70. The maximum atomic E-state index is 11.1. The lowest BCUT2D eigenvalue weighted by atomic mass is 10.3. The van der Waals surface area contributed by atoms with Gasteiger partial charge in [-0.2, -0.15) is 0 Å². The van der Waals surface area contributed by atoms with Crippen LogP contribution < -0.4 is 5.73 Å². The van der Waals surface area contributed by atoms with Crippen LogP contribution in [0.25, 0.3) is 11.2 Å². The molecule has 1 amide bonds. The Morgan fingerprint density at radius 3 is 2.89 bits per heavy atom. The van der Waals surface area contributed by atoms with E-state index in [-0.39, 0.29) is 12.3 Å². The number of amides is 1. The standard InChI is InChI=1S/C11H12N4O3S/c1-6-2-3-13-10-9(6)14-11(19-5-8(17)18)15(10)4-7(12)16/h2-3H,4-5H2,1H3,(H2,12,16)(H,17,18). The van der Waals surface area contributed by atoms with Gasteiger partial charge in [0, 0.05) is 6.20 Å². The number of hydrogen-bond donors (Lipinski definition) is 2. The highest BCUT2D eigenvalue weighted by atomic mass is 32.2. The predicted octanol–water partition coefficient (Wildman–Crippen LogP) is 0.402. The molecule has 7 nitrogen and oxygen atoms in total. The number of carbonyl (C=O) groups excluding carboxylic acids is 1. The van der Waals surface area contributed by atoms with Crippen molar-refractivity contribution >= 4 is 34.8 Å². The maximum Gasteiger partial charge on any atom is 0.313 e. The third-order valence-corrected chi connectivity index (χ3v) is 3.40. The molecule has 3 N–H and O–H groups in total. The van der Waals surface area contributed by atoms with Crippen molar-refractivity contribution in [3.63, 3.8) is 0 Å². The molecule has 0 aliphatic rings. The third-order valence-electron chi connectivity index (χ3n) is 2.44. The van der Waals surface area contributed by atoms with E-state index < -0.39 is 11.9 Å². The summed E-state index contributed by atoms with van der Waals surface area (Å²) in [6.45, 7) is 1.80. The van der Waals surface area contributed by atoms with Crippen LogP contribution in [-0.4, -0.2) is 37.3 Å². The van der Waals surface area contributed by atoms with Gasteiger partial charge in [0.15, 0.2) is 10.8 Å². The van der Waals surface area contributed by atoms with Crippen LogP contribution in [0.15, 0.2) is 17.4 Å². The summed E-state index contributed by atoms with van der Waals surface area (Å²) in [6.07, 6.45) is 1.61. The fraction of sp³-hybridized carbons (Fsp3) is 0.273. The minimum absolute atomic E-state index is 0.0745. The maximum absolute atomic E-state index is 11.1. The number of nitrogens with two attached hydrogens (primary N) is 1. The van der Waals surface area contributed by atoms with E-state index in [1.54, 1.807) is 12.3 Å². The van der Waals surface area contributed by atoms with Crippen molar-refractivity contribution in [2.75, 3.05) is 5.75 Å². The highest BCUT2D eigenvalue weighted by Gasteiger charge is 2.16. The van der Waals surface area contributed by atoms with Gasteiger partial charge in [-0.3, -0.25) is 14.2 Å². The second kappa shape index (κ2) is 5.27. The number of fused-ring (bicyclic) bond motifs is 1. The second-order valence-electron chi connectivity index (χ2n) is 3.93. The molecule has 0 spiro atoms. The van der Waals surface area contributed by atoms with Gasteiger partial charge < -0.3 is 10.8 Å². The molecule has 2 aromatic rings. The first-order valence-electron chi connectivity index (χ1n) is 5.43. The molecule has 100 valence electrons. The highest BCUT2D eigenvalue weighted by molar-refractivity contribution is 7.99. The Morgan fingerprint density at radius 2 is 2.26 bits per heavy atom. The van der Waals surface area contributed by atoms with Crippen LogP contribution >= 0.6 is 11.8 Å². The molecule has 0 atom stereocenters. The summed E-state index contributed by atoms with van der Waals surface area (Å²) < 4.78 is 1.54. The molecular weight excluding hydrogens is 268 g/mol. The monoisotopic (exact) mass is 280 g/mol. The molecule has 0 aliphatic heterocycles. The number of imidazole rings is 1. The Hall–Kier alpha value is -2.09. The average molecular weight is 280 g/mol. The van der Waals surface area contributed by atoms with Crippen molar-refractivity contribution in [1.82, 2.24) is 14.5 Å². The van der Waals surface area contributed by atoms with E-state index in [2.05, 4.69) is 9.97 Å². The van der Waals surface area contributed by atoms with Crippen molar-refractivity contribution in [2.45, 2.75) is 18.6 Å². The zero-order valence-corrected chi connectivity index (χ0v) is 11.0. The molecule has 0 saturated carbocycles. The van der Waals surface area contributed by atoms with Crippen LogP contribution in [0.1, 0.15) is 5.56 Å². The highest BCUT2D eigenvalue weighted by Crippen LogP contribution is 2.24. The first-order chi connectivity index (χ1) is 8.99. The van der Waals surface area contributed by atoms with Crippen molar-refractivity contribution in [3.8, 4) is 0 Å². The molecular formula is C11H12N4O3S. The van der Waals surface area contributed by atoms with Gasteiger partial charge in [-0.05, 0) is 18.6 Å². The molecule has 0 aromatic carbocycles. The van der Waals surface area contributed by atoms with Crippen molar-refractivity contribution < 1.29 is 14.7 Å². The van der Waals surface area contributed by atoms with Gasteiger partial charge in [0.1, 0.15) is 12.1 Å². The first kappa shape index (κ1) is 13.3. The van der Waals surface area contributed by atoms with Crippen LogP contribution in [0.4, 0.5) is 0 Å². The smallest absolute Gasteiger partial charge is 0.313 e. The van der Waals surface area contributed by atoms with Gasteiger partial charge in [0.25, 0.3) is 0 Å². The summed E-state index contributed by atoms with van der Waals surface area (Å²) in [5.74, 6) is -1.62. The van der Waals surface area contributed by atoms with Crippen LogP contribution in [-0.2, 0) is 16.1 Å². The zero-order chi connectivity index (χ0) is 14.0. The number of pyridine rings is 1. The number of carbonyl (C=O) groups is 2. The molecule has 0 aliphatic carbocycles. The van der Waals surface area contributed by atoms with Crippen LogP contribution in [0.3, 0.4) is 0 Å². The molecule has 2 rings (SSSR count). The second-order valence-corrected chi connectivity index (χ2v) is 4.87. The molecule has 0 fully saturated rings. The van der Waals surface area contributed by atoms with Crippen molar-refractivity contribution in [2.24, 2.45) is 5.73 Å². The molecule has 19 heavy (non-hydrogen) atoms. The van der Waals surface area contributed by atoms with Crippen molar-refractivity contribution in [3.05, 3.63) is 17.8 Å². The Bertz CT molecular complexity index is 653.